The first-order valence-electron chi connectivity index (χ1n) is 6.18. The molecular formula is C14H19NO3S. The van der Waals surface area contributed by atoms with Crippen molar-refractivity contribution in [2.24, 2.45) is 0 Å². The van der Waals surface area contributed by atoms with Gasteiger partial charge in [-0.25, -0.2) is 4.79 Å². The highest BCUT2D eigenvalue weighted by Crippen LogP contribution is 2.12. The van der Waals surface area contributed by atoms with Gasteiger partial charge in [0.05, 0.1) is 5.75 Å². The lowest BCUT2D eigenvalue weighted by Gasteiger charge is -2.11. The Labute approximate surface area is 117 Å². The number of carbonyl (C=O) groups excluding carboxylic acids is 1. The van der Waals surface area contributed by atoms with Gasteiger partial charge in [0, 0.05) is 5.75 Å². The highest BCUT2D eigenvalue weighted by molar-refractivity contribution is 7.99. The molecule has 0 aliphatic heterocycles. The zero-order valence-corrected chi connectivity index (χ0v) is 12.0. The Hall–Kier alpha value is -1.49. The van der Waals surface area contributed by atoms with Gasteiger partial charge in [-0.05, 0) is 18.9 Å². The monoisotopic (exact) mass is 281 g/mol. The van der Waals surface area contributed by atoms with Crippen LogP contribution >= 0.6 is 11.8 Å². The van der Waals surface area contributed by atoms with Crippen LogP contribution in [-0.2, 0) is 15.3 Å². The molecule has 0 heterocycles. The zero-order chi connectivity index (χ0) is 14.3. The minimum Gasteiger partial charge on any atom is -0.480 e. The second-order valence-corrected chi connectivity index (χ2v) is 5.33. The molecule has 0 radical (unpaired) electrons. The molecule has 19 heavy (non-hydrogen) atoms. The van der Waals surface area contributed by atoms with Crippen LogP contribution in [0.5, 0.6) is 0 Å². The summed E-state index contributed by atoms with van der Waals surface area (Å²) in [6.45, 7) is 3.76. The molecule has 104 valence electrons. The molecule has 0 aliphatic carbocycles. The first kappa shape index (κ1) is 15.6. The number of carboxylic acids is 1. The summed E-state index contributed by atoms with van der Waals surface area (Å²) < 4.78 is 0. The van der Waals surface area contributed by atoms with Gasteiger partial charge in [0.1, 0.15) is 6.04 Å². The number of aryl methyl sites for hydroxylation is 1. The molecule has 0 saturated heterocycles. The average Bonchev–Trinajstić information content (AvgIpc) is 2.38. The van der Waals surface area contributed by atoms with Gasteiger partial charge in [-0.3, -0.25) is 4.79 Å². The van der Waals surface area contributed by atoms with Crippen molar-refractivity contribution in [1.82, 2.24) is 5.32 Å². The van der Waals surface area contributed by atoms with E-state index in [0.717, 1.165) is 11.3 Å². The summed E-state index contributed by atoms with van der Waals surface area (Å²) in [7, 11) is 0. The van der Waals surface area contributed by atoms with E-state index in [0.29, 0.717) is 6.42 Å². The van der Waals surface area contributed by atoms with Crippen molar-refractivity contribution >= 4 is 23.6 Å². The van der Waals surface area contributed by atoms with E-state index in [4.69, 9.17) is 5.11 Å². The lowest BCUT2D eigenvalue weighted by Crippen LogP contribution is -2.41. The second kappa shape index (κ2) is 7.84. The summed E-state index contributed by atoms with van der Waals surface area (Å²) in [5.41, 5.74) is 2.37. The molecule has 0 saturated carbocycles. The van der Waals surface area contributed by atoms with E-state index in [2.05, 4.69) is 5.32 Å². The third kappa shape index (κ3) is 5.79. The Kier molecular flexibility index (Phi) is 6.42. The molecule has 2 N–H and O–H groups in total. The molecule has 0 aromatic heterocycles. The van der Waals surface area contributed by atoms with E-state index in [1.807, 2.05) is 31.2 Å². The Balaban J connectivity index is 2.30. The quantitative estimate of drug-likeness (QED) is 0.804. The number of amides is 1. The zero-order valence-electron chi connectivity index (χ0n) is 11.2. The average molecular weight is 281 g/mol. The van der Waals surface area contributed by atoms with Gasteiger partial charge in [-0.1, -0.05) is 36.8 Å². The first-order chi connectivity index (χ1) is 9.02. The molecule has 0 aliphatic rings. The predicted octanol–water partition coefficient (Wildman–Crippen LogP) is 2.21. The molecule has 0 bridgehead atoms. The number of thioether (sulfide) groups is 1. The number of aliphatic carboxylic acids is 1. The summed E-state index contributed by atoms with van der Waals surface area (Å²) in [4.78, 5) is 22.3. The maximum Gasteiger partial charge on any atom is 0.326 e. The van der Waals surface area contributed by atoms with E-state index >= 15 is 0 Å². The van der Waals surface area contributed by atoms with Crippen LogP contribution in [0.2, 0.25) is 0 Å². The molecule has 1 amide bonds. The van der Waals surface area contributed by atoms with Gasteiger partial charge >= 0.3 is 5.97 Å². The first-order valence-corrected chi connectivity index (χ1v) is 7.34. The van der Waals surface area contributed by atoms with Crippen molar-refractivity contribution in [1.29, 1.82) is 0 Å². The van der Waals surface area contributed by atoms with Crippen molar-refractivity contribution in [3.05, 3.63) is 35.4 Å². The van der Waals surface area contributed by atoms with E-state index in [-0.39, 0.29) is 11.7 Å². The van der Waals surface area contributed by atoms with E-state index < -0.39 is 12.0 Å². The molecule has 0 fully saturated rings. The molecule has 5 heteroatoms. The third-order valence-electron chi connectivity index (χ3n) is 2.66. The van der Waals surface area contributed by atoms with Crippen LogP contribution in [0.4, 0.5) is 0 Å². The molecule has 1 aromatic rings. The number of rotatable bonds is 7. The molecule has 1 aromatic carbocycles. The van der Waals surface area contributed by atoms with Gasteiger partial charge in [0.15, 0.2) is 0 Å². The molecule has 4 nitrogen and oxygen atoms in total. The fourth-order valence-electron chi connectivity index (χ4n) is 1.52. The van der Waals surface area contributed by atoms with E-state index in [1.165, 1.54) is 17.3 Å². The molecule has 1 atom stereocenters. The fraction of sp³-hybridized carbons (Fsp3) is 0.429. The van der Waals surface area contributed by atoms with Crippen LogP contribution in [0, 0.1) is 6.92 Å². The summed E-state index contributed by atoms with van der Waals surface area (Å²) >= 11 is 1.48. The van der Waals surface area contributed by atoms with Crippen LogP contribution in [0.15, 0.2) is 24.3 Å². The summed E-state index contributed by atoms with van der Waals surface area (Å²) in [6, 6.07) is 7.35. The molecular weight excluding hydrogens is 262 g/mol. The molecule has 0 spiro atoms. The van der Waals surface area contributed by atoms with Crippen molar-refractivity contribution in [2.45, 2.75) is 32.1 Å². The lowest BCUT2D eigenvalue weighted by atomic mass is 10.2. The Bertz CT molecular complexity index is 431. The van der Waals surface area contributed by atoms with Crippen molar-refractivity contribution in [2.75, 3.05) is 5.75 Å². The Morgan fingerprint density at radius 2 is 1.95 bits per heavy atom. The molecule has 1 unspecified atom stereocenters. The number of hydrogen-bond donors (Lipinski definition) is 2. The standard InChI is InChI=1S/C14H19NO3S/c1-3-12(14(17)18)15-13(16)9-19-8-11-6-4-10(2)5-7-11/h4-7,12H,3,8-9H2,1-2H3,(H,15,16)(H,17,18). The van der Waals surface area contributed by atoms with Gasteiger partial charge in [-0.15, -0.1) is 11.8 Å². The van der Waals surface area contributed by atoms with Crippen LogP contribution in [0.1, 0.15) is 24.5 Å². The number of carboxylic acid groups (broad SMARTS) is 1. The smallest absolute Gasteiger partial charge is 0.326 e. The van der Waals surface area contributed by atoms with Crippen molar-refractivity contribution < 1.29 is 14.7 Å². The molecule has 1 rings (SSSR count). The summed E-state index contributed by atoms with van der Waals surface area (Å²) in [5, 5.41) is 11.3. The van der Waals surface area contributed by atoms with E-state index in [1.54, 1.807) is 6.92 Å². The van der Waals surface area contributed by atoms with Crippen molar-refractivity contribution in [3.63, 3.8) is 0 Å². The topological polar surface area (TPSA) is 66.4 Å². The minimum atomic E-state index is -0.987. The maximum atomic E-state index is 11.6. The number of hydrogen-bond acceptors (Lipinski definition) is 3. The Morgan fingerprint density at radius 3 is 2.47 bits per heavy atom. The Morgan fingerprint density at radius 1 is 1.32 bits per heavy atom. The maximum absolute atomic E-state index is 11.6. The van der Waals surface area contributed by atoms with Gasteiger partial charge in [0.25, 0.3) is 0 Å². The van der Waals surface area contributed by atoms with Gasteiger partial charge < -0.3 is 10.4 Å². The lowest BCUT2D eigenvalue weighted by molar-refractivity contribution is -0.141. The highest BCUT2D eigenvalue weighted by atomic mass is 32.2. The predicted molar refractivity (Wildman–Crippen MR) is 77.2 cm³/mol. The largest absolute Gasteiger partial charge is 0.480 e. The normalized spacial score (nSPS) is 11.9. The number of benzene rings is 1. The van der Waals surface area contributed by atoms with Gasteiger partial charge in [0.2, 0.25) is 5.91 Å². The minimum absolute atomic E-state index is 0.230. The summed E-state index contributed by atoms with van der Waals surface area (Å²) in [5.74, 6) is -0.194. The van der Waals surface area contributed by atoms with Crippen molar-refractivity contribution in [3.8, 4) is 0 Å². The van der Waals surface area contributed by atoms with Crippen LogP contribution in [0.3, 0.4) is 0 Å². The summed E-state index contributed by atoms with van der Waals surface area (Å²) in [6.07, 6.45) is 0.393. The van der Waals surface area contributed by atoms with E-state index in [9.17, 15) is 9.59 Å². The van der Waals surface area contributed by atoms with Crippen LogP contribution < -0.4 is 5.32 Å². The third-order valence-corrected chi connectivity index (χ3v) is 3.67. The van der Waals surface area contributed by atoms with Gasteiger partial charge in [-0.2, -0.15) is 0 Å². The van der Waals surface area contributed by atoms with Crippen LogP contribution in [0.25, 0.3) is 0 Å². The number of carbonyl (C=O) groups is 2. The highest BCUT2D eigenvalue weighted by Gasteiger charge is 2.16. The SMILES string of the molecule is CCC(NC(=O)CSCc1ccc(C)cc1)C(=O)O. The van der Waals surface area contributed by atoms with Crippen LogP contribution in [-0.4, -0.2) is 28.8 Å². The second-order valence-electron chi connectivity index (χ2n) is 4.34. The fourth-order valence-corrected chi connectivity index (χ4v) is 2.32. The number of nitrogens with one attached hydrogen (secondary N) is 1.